The fourth-order valence-corrected chi connectivity index (χ4v) is 2.30. The van der Waals surface area contributed by atoms with Crippen LogP contribution in [0.1, 0.15) is 26.7 Å². The van der Waals surface area contributed by atoms with Crippen molar-refractivity contribution in [1.82, 2.24) is 10.6 Å². The molecule has 1 saturated heterocycles. The van der Waals surface area contributed by atoms with Gasteiger partial charge in [-0.15, -0.1) is 0 Å². The smallest absolute Gasteiger partial charge is 0.410 e. The minimum absolute atomic E-state index is 0.136. The molecule has 3 atom stereocenters. The summed E-state index contributed by atoms with van der Waals surface area (Å²) in [6.45, 7) is 4.25. The standard InChI is InChI=1S/C14H20N2O2/c1-10-8-9-13(11(2)15-10)16-14(17)18-12-6-4-3-5-7-12/h3-7,10-11,13,15H,8-9H2,1-2H3,(H,16,17). The molecule has 98 valence electrons. The highest BCUT2D eigenvalue weighted by Gasteiger charge is 2.26. The fourth-order valence-electron chi connectivity index (χ4n) is 2.30. The van der Waals surface area contributed by atoms with Crippen LogP contribution in [-0.2, 0) is 0 Å². The lowest BCUT2D eigenvalue weighted by Gasteiger charge is -2.34. The van der Waals surface area contributed by atoms with Crippen LogP contribution < -0.4 is 15.4 Å². The lowest BCUT2D eigenvalue weighted by Crippen LogP contribution is -2.55. The minimum atomic E-state index is -0.380. The third-order valence-electron chi connectivity index (χ3n) is 3.32. The van der Waals surface area contributed by atoms with Gasteiger partial charge in [0.1, 0.15) is 5.75 Å². The Labute approximate surface area is 108 Å². The normalized spacial score (nSPS) is 27.6. The first-order valence-electron chi connectivity index (χ1n) is 6.44. The van der Waals surface area contributed by atoms with E-state index in [1.165, 1.54) is 0 Å². The van der Waals surface area contributed by atoms with Crippen LogP contribution in [0.5, 0.6) is 5.75 Å². The van der Waals surface area contributed by atoms with Crippen molar-refractivity contribution in [3.63, 3.8) is 0 Å². The van der Waals surface area contributed by atoms with E-state index in [0.29, 0.717) is 11.8 Å². The Balaban J connectivity index is 1.84. The Bertz CT molecular complexity index is 394. The quantitative estimate of drug-likeness (QED) is 0.844. The molecule has 0 saturated carbocycles. The van der Waals surface area contributed by atoms with Crippen LogP contribution in [0.15, 0.2) is 30.3 Å². The van der Waals surface area contributed by atoms with Gasteiger partial charge in [0.05, 0.1) is 0 Å². The Kier molecular flexibility index (Phi) is 4.20. The molecule has 0 aromatic heterocycles. The molecule has 0 bridgehead atoms. The Morgan fingerprint density at radius 3 is 2.67 bits per heavy atom. The molecule has 1 aromatic rings. The summed E-state index contributed by atoms with van der Waals surface area (Å²) in [4.78, 5) is 11.7. The highest BCUT2D eigenvalue weighted by Crippen LogP contribution is 2.14. The number of piperidine rings is 1. The van der Waals surface area contributed by atoms with E-state index in [-0.39, 0.29) is 18.2 Å². The van der Waals surface area contributed by atoms with Crippen LogP contribution in [0.4, 0.5) is 4.79 Å². The molecular weight excluding hydrogens is 228 g/mol. The predicted octanol–water partition coefficient (Wildman–Crippen LogP) is 2.30. The number of carbonyl (C=O) groups excluding carboxylic acids is 1. The van der Waals surface area contributed by atoms with E-state index in [1.54, 1.807) is 12.1 Å². The van der Waals surface area contributed by atoms with E-state index in [0.717, 1.165) is 12.8 Å². The molecular formula is C14H20N2O2. The van der Waals surface area contributed by atoms with Crippen molar-refractivity contribution in [1.29, 1.82) is 0 Å². The van der Waals surface area contributed by atoms with Crippen molar-refractivity contribution in [3.8, 4) is 5.75 Å². The molecule has 1 heterocycles. The van der Waals surface area contributed by atoms with E-state index < -0.39 is 0 Å². The van der Waals surface area contributed by atoms with Crippen LogP contribution in [0.25, 0.3) is 0 Å². The second-order valence-electron chi connectivity index (χ2n) is 4.89. The Hall–Kier alpha value is -1.55. The summed E-state index contributed by atoms with van der Waals surface area (Å²) >= 11 is 0. The van der Waals surface area contributed by atoms with Gasteiger partial charge in [-0.25, -0.2) is 4.79 Å². The number of ether oxygens (including phenoxy) is 1. The van der Waals surface area contributed by atoms with Gasteiger partial charge in [0.2, 0.25) is 0 Å². The first-order chi connectivity index (χ1) is 8.65. The maximum absolute atomic E-state index is 11.7. The molecule has 18 heavy (non-hydrogen) atoms. The molecule has 1 fully saturated rings. The lowest BCUT2D eigenvalue weighted by atomic mass is 9.95. The van der Waals surface area contributed by atoms with Crippen molar-refractivity contribution in [2.24, 2.45) is 0 Å². The maximum atomic E-state index is 11.7. The van der Waals surface area contributed by atoms with Crippen LogP contribution in [0.3, 0.4) is 0 Å². The second-order valence-corrected chi connectivity index (χ2v) is 4.89. The zero-order valence-electron chi connectivity index (χ0n) is 10.8. The van der Waals surface area contributed by atoms with Crippen molar-refractivity contribution in [2.45, 2.75) is 44.8 Å². The van der Waals surface area contributed by atoms with Crippen molar-refractivity contribution < 1.29 is 9.53 Å². The third-order valence-corrected chi connectivity index (χ3v) is 3.32. The van der Waals surface area contributed by atoms with E-state index in [4.69, 9.17) is 4.74 Å². The van der Waals surface area contributed by atoms with Crippen molar-refractivity contribution >= 4 is 6.09 Å². The molecule has 1 aromatic carbocycles. The summed E-state index contributed by atoms with van der Waals surface area (Å²) in [6.07, 6.45) is 1.68. The molecule has 1 aliphatic rings. The molecule has 1 amide bonds. The van der Waals surface area contributed by atoms with Gasteiger partial charge in [-0.1, -0.05) is 18.2 Å². The molecule has 4 nitrogen and oxygen atoms in total. The topological polar surface area (TPSA) is 50.4 Å². The largest absolute Gasteiger partial charge is 0.412 e. The monoisotopic (exact) mass is 248 g/mol. The summed E-state index contributed by atoms with van der Waals surface area (Å²) in [5, 5.41) is 6.34. The summed E-state index contributed by atoms with van der Waals surface area (Å²) in [6, 6.07) is 10.0. The number of nitrogens with one attached hydrogen (secondary N) is 2. The van der Waals surface area contributed by atoms with E-state index >= 15 is 0 Å². The van der Waals surface area contributed by atoms with E-state index in [1.807, 2.05) is 18.2 Å². The van der Waals surface area contributed by atoms with Crippen LogP contribution in [0.2, 0.25) is 0 Å². The Morgan fingerprint density at radius 2 is 2.00 bits per heavy atom. The van der Waals surface area contributed by atoms with Gasteiger partial charge in [-0.05, 0) is 38.8 Å². The molecule has 2 rings (SSSR count). The lowest BCUT2D eigenvalue weighted by molar-refractivity contribution is 0.184. The molecule has 2 N–H and O–H groups in total. The number of carbonyl (C=O) groups is 1. The zero-order valence-corrected chi connectivity index (χ0v) is 10.8. The molecule has 3 unspecified atom stereocenters. The first kappa shape index (κ1) is 12.9. The summed E-state index contributed by atoms with van der Waals surface area (Å²) < 4.78 is 5.21. The molecule has 0 radical (unpaired) electrons. The first-order valence-corrected chi connectivity index (χ1v) is 6.44. The van der Waals surface area contributed by atoms with Crippen molar-refractivity contribution in [3.05, 3.63) is 30.3 Å². The highest BCUT2D eigenvalue weighted by molar-refractivity contribution is 5.70. The number of rotatable bonds is 2. The summed E-state index contributed by atoms with van der Waals surface area (Å²) in [5.41, 5.74) is 0. The average Bonchev–Trinajstić information content (AvgIpc) is 2.34. The maximum Gasteiger partial charge on any atom is 0.412 e. The van der Waals surface area contributed by atoms with E-state index in [9.17, 15) is 4.79 Å². The van der Waals surface area contributed by atoms with E-state index in [2.05, 4.69) is 24.5 Å². The third kappa shape index (κ3) is 3.47. The van der Waals surface area contributed by atoms with Crippen LogP contribution in [0, 0.1) is 0 Å². The minimum Gasteiger partial charge on any atom is -0.410 e. The number of para-hydroxylation sites is 1. The second kappa shape index (κ2) is 5.87. The predicted molar refractivity (Wildman–Crippen MR) is 70.7 cm³/mol. The van der Waals surface area contributed by atoms with Gasteiger partial charge >= 0.3 is 6.09 Å². The van der Waals surface area contributed by atoms with Crippen molar-refractivity contribution in [2.75, 3.05) is 0 Å². The molecule has 0 spiro atoms. The van der Waals surface area contributed by atoms with Gasteiger partial charge in [-0.3, -0.25) is 0 Å². The Morgan fingerprint density at radius 1 is 1.28 bits per heavy atom. The molecule has 0 aliphatic carbocycles. The van der Waals surface area contributed by atoms with Gasteiger partial charge < -0.3 is 15.4 Å². The molecule has 1 aliphatic heterocycles. The number of amides is 1. The van der Waals surface area contributed by atoms with Crippen LogP contribution >= 0.6 is 0 Å². The summed E-state index contributed by atoms with van der Waals surface area (Å²) in [5.74, 6) is 0.569. The number of hydrogen-bond acceptors (Lipinski definition) is 3. The van der Waals surface area contributed by atoms with Crippen LogP contribution in [-0.4, -0.2) is 24.2 Å². The SMILES string of the molecule is CC1CCC(NC(=O)Oc2ccccc2)C(C)N1. The van der Waals surface area contributed by atoms with Gasteiger partial charge in [0.25, 0.3) is 0 Å². The van der Waals surface area contributed by atoms with Gasteiger partial charge in [-0.2, -0.15) is 0 Å². The number of benzene rings is 1. The number of hydrogen-bond donors (Lipinski definition) is 2. The van der Waals surface area contributed by atoms with Gasteiger partial charge in [0, 0.05) is 18.1 Å². The average molecular weight is 248 g/mol. The van der Waals surface area contributed by atoms with Gasteiger partial charge in [0.15, 0.2) is 0 Å². The highest BCUT2D eigenvalue weighted by atomic mass is 16.6. The summed E-state index contributed by atoms with van der Waals surface area (Å²) in [7, 11) is 0. The zero-order chi connectivity index (χ0) is 13.0. The molecule has 4 heteroatoms. The fraction of sp³-hybridized carbons (Fsp3) is 0.500.